The third kappa shape index (κ3) is 5.50. The molecule has 3 aromatic carbocycles. The summed E-state index contributed by atoms with van der Waals surface area (Å²) in [5, 5.41) is 1.84. The van der Waals surface area contributed by atoms with Crippen LogP contribution in [0, 0.1) is 0 Å². The Kier molecular flexibility index (Phi) is 5.98. The first kappa shape index (κ1) is 17.8. The summed E-state index contributed by atoms with van der Waals surface area (Å²) in [4.78, 5) is 0. The lowest BCUT2D eigenvalue weighted by Crippen LogP contribution is -2.36. The van der Waals surface area contributed by atoms with Gasteiger partial charge in [0.05, 0.1) is 0 Å². The van der Waals surface area contributed by atoms with Gasteiger partial charge in [-0.15, -0.1) is 0 Å². The van der Waals surface area contributed by atoms with Crippen molar-refractivity contribution < 1.29 is 14.0 Å². The quantitative estimate of drug-likeness (QED) is 0.469. The number of halogens is 3. The molecule has 0 radical (unpaired) electrons. The Morgan fingerprint density at radius 3 is 0.920 bits per heavy atom. The van der Waals surface area contributed by atoms with Crippen LogP contribution < -0.4 is 14.0 Å². The van der Waals surface area contributed by atoms with Gasteiger partial charge in [-0.2, -0.15) is 0 Å². The third-order valence-electron chi connectivity index (χ3n) is 3.14. The van der Waals surface area contributed by atoms with E-state index in [1.165, 1.54) is 0 Å². The summed E-state index contributed by atoms with van der Waals surface area (Å²) in [6.07, 6.45) is 0. The monoisotopic (exact) mass is 392 g/mol. The summed E-state index contributed by atoms with van der Waals surface area (Å²) < 4.78 is 17.3. The minimum absolute atomic E-state index is 0.553. The van der Waals surface area contributed by atoms with Gasteiger partial charge in [0.25, 0.3) is 0 Å². The van der Waals surface area contributed by atoms with Crippen LogP contribution in [-0.4, -0.2) is 7.32 Å². The molecule has 0 bridgehead atoms. The molecule has 0 atom stereocenters. The maximum absolute atomic E-state index is 5.89. The van der Waals surface area contributed by atoms with Crippen LogP contribution >= 0.6 is 34.8 Å². The SMILES string of the molecule is Clc1ccc(OB(Oc2ccc(Cl)cc2)Oc2ccc(Cl)cc2)cc1. The average molecular weight is 393 g/mol. The zero-order valence-corrected chi connectivity index (χ0v) is 15.1. The van der Waals surface area contributed by atoms with Crippen molar-refractivity contribution in [3.05, 3.63) is 87.9 Å². The van der Waals surface area contributed by atoms with Crippen molar-refractivity contribution in [3.63, 3.8) is 0 Å². The second kappa shape index (κ2) is 8.39. The molecule has 0 saturated heterocycles. The van der Waals surface area contributed by atoms with E-state index in [1.807, 2.05) is 0 Å². The second-order valence-electron chi connectivity index (χ2n) is 5.00. The third-order valence-corrected chi connectivity index (χ3v) is 3.89. The highest BCUT2D eigenvalue weighted by Crippen LogP contribution is 2.22. The highest BCUT2D eigenvalue weighted by molar-refractivity contribution is 6.39. The molecule has 126 valence electrons. The van der Waals surface area contributed by atoms with Crippen LogP contribution in [0.3, 0.4) is 0 Å². The Hall–Kier alpha value is -2.01. The van der Waals surface area contributed by atoms with E-state index in [1.54, 1.807) is 72.8 Å². The Morgan fingerprint density at radius 2 is 0.680 bits per heavy atom. The summed E-state index contributed by atoms with van der Waals surface area (Å²) in [5.41, 5.74) is 0. The molecule has 0 unspecified atom stereocenters. The van der Waals surface area contributed by atoms with Gasteiger partial charge < -0.3 is 14.0 Å². The van der Waals surface area contributed by atoms with Crippen molar-refractivity contribution in [2.45, 2.75) is 0 Å². The topological polar surface area (TPSA) is 27.7 Å². The van der Waals surface area contributed by atoms with Gasteiger partial charge in [-0.1, -0.05) is 34.8 Å². The van der Waals surface area contributed by atoms with E-state index < -0.39 is 7.32 Å². The Bertz CT molecular complexity index is 696. The Balaban J connectivity index is 1.77. The van der Waals surface area contributed by atoms with E-state index in [0.29, 0.717) is 32.3 Å². The molecular formula is C18H12BCl3O3. The molecule has 0 fully saturated rings. The van der Waals surface area contributed by atoms with Gasteiger partial charge in [0.2, 0.25) is 0 Å². The zero-order chi connectivity index (χ0) is 17.6. The lowest BCUT2D eigenvalue weighted by molar-refractivity contribution is 0.307. The Morgan fingerprint density at radius 1 is 0.440 bits per heavy atom. The van der Waals surface area contributed by atoms with Crippen LogP contribution in [-0.2, 0) is 0 Å². The van der Waals surface area contributed by atoms with Crippen molar-refractivity contribution in [2.24, 2.45) is 0 Å². The number of hydrogen-bond acceptors (Lipinski definition) is 3. The molecule has 0 aromatic heterocycles. The Labute approximate surface area is 161 Å². The zero-order valence-electron chi connectivity index (χ0n) is 12.9. The van der Waals surface area contributed by atoms with Crippen LogP contribution in [0.2, 0.25) is 15.1 Å². The molecule has 7 heteroatoms. The van der Waals surface area contributed by atoms with Crippen LogP contribution in [0.1, 0.15) is 0 Å². The molecular weight excluding hydrogens is 381 g/mol. The van der Waals surface area contributed by atoms with E-state index in [-0.39, 0.29) is 0 Å². The smallest absolute Gasteiger partial charge is 0.490 e. The minimum Gasteiger partial charge on any atom is -0.490 e. The highest BCUT2D eigenvalue weighted by atomic mass is 35.5. The van der Waals surface area contributed by atoms with Crippen LogP contribution in [0.15, 0.2) is 72.8 Å². The predicted molar refractivity (Wildman–Crippen MR) is 102 cm³/mol. The predicted octanol–water partition coefficient (Wildman–Crippen LogP) is 6.17. The second-order valence-corrected chi connectivity index (χ2v) is 6.31. The lowest BCUT2D eigenvalue weighted by atomic mass is 10.2. The van der Waals surface area contributed by atoms with Gasteiger partial charge in [-0.3, -0.25) is 0 Å². The van der Waals surface area contributed by atoms with E-state index in [0.717, 1.165) is 0 Å². The van der Waals surface area contributed by atoms with Crippen molar-refractivity contribution in [2.75, 3.05) is 0 Å². The molecule has 0 saturated carbocycles. The fraction of sp³-hybridized carbons (Fsp3) is 0. The molecule has 3 nitrogen and oxygen atoms in total. The maximum atomic E-state index is 5.89. The summed E-state index contributed by atoms with van der Waals surface area (Å²) >= 11 is 17.7. The van der Waals surface area contributed by atoms with Crippen LogP contribution in [0.4, 0.5) is 0 Å². The molecule has 0 aliphatic carbocycles. The molecule has 0 heterocycles. The van der Waals surface area contributed by atoms with E-state index in [2.05, 4.69) is 0 Å². The van der Waals surface area contributed by atoms with E-state index in [4.69, 9.17) is 48.8 Å². The minimum atomic E-state index is -1.01. The summed E-state index contributed by atoms with van der Waals surface area (Å²) in [5.74, 6) is 1.66. The van der Waals surface area contributed by atoms with Gasteiger partial charge in [-0.05, 0) is 72.8 Å². The van der Waals surface area contributed by atoms with E-state index in [9.17, 15) is 0 Å². The molecule has 0 N–H and O–H groups in total. The molecule has 0 aliphatic rings. The molecule has 0 aliphatic heterocycles. The number of hydrogen-bond donors (Lipinski definition) is 0. The fourth-order valence-electron chi connectivity index (χ4n) is 1.94. The summed E-state index contributed by atoms with van der Waals surface area (Å²) in [7, 11) is -1.01. The molecule has 3 aromatic rings. The van der Waals surface area contributed by atoms with Crippen LogP contribution in [0.25, 0.3) is 0 Å². The lowest BCUT2D eigenvalue weighted by Gasteiger charge is -2.16. The van der Waals surface area contributed by atoms with Crippen molar-refractivity contribution in [1.29, 1.82) is 0 Å². The normalized spacial score (nSPS) is 10.2. The largest absolute Gasteiger partial charge is 0.864 e. The number of benzene rings is 3. The van der Waals surface area contributed by atoms with Gasteiger partial charge in [0.15, 0.2) is 0 Å². The van der Waals surface area contributed by atoms with Crippen LogP contribution in [0.5, 0.6) is 17.2 Å². The van der Waals surface area contributed by atoms with Gasteiger partial charge >= 0.3 is 7.32 Å². The first-order valence-corrected chi connectivity index (χ1v) is 8.48. The number of rotatable bonds is 6. The summed E-state index contributed by atoms with van der Waals surface area (Å²) in [6.45, 7) is 0. The van der Waals surface area contributed by atoms with Crippen molar-refractivity contribution in [3.8, 4) is 17.2 Å². The fourth-order valence-corrected chi connectivity index (χ4v) is 2.32. The molecule has 0 amide bonds. The average Bonchev–Trinajstić information content (AvgIpc) is 2.61. The summed E-state index contributed by atoms with van der Waals surface area (Å²) in [6, 6.07) is 20.7. The van der Waals surface area contributed by atoms with Gasteiger partial charge in [-0.25, -0.2) is 0 Å². The molecule has 25 heavy (non-hydrogen) atoms. The first-order valence-electron chi connectivity index (χ1n) is 7.35. The highest BCUT2D eigenvalue weighted by Gasteiger charge is 2.30. The first-order chi connectivity index (χ1) is 12.1. The van der Waals surface area contributed by atoms with Crippen molar-refractivity contribution in [1.82, 2.24) is 0 Å². The molecule has 0 spiro atoms. The maximum Gasteiger partial charge on any atom is 0.864 e. The standard InChI is InChI=1S/C18H12BCl3O3/c20-13-1-7-16(8-2-13)23-19(24-17-9-3-14(21)4-10-17)25-18-11-5-15(22)6-12-18/h1-12H. The van der Waals surface area contributed by atoms with Crippen molar-refractivity contribution >= 4 is 42.1 Å². The van der Waals surface area contributed by atoms with E-state index >= 15 is 0 Å². The van der Waals surface area contributed by atoms with Gasteiger partial charge in [0.1, 0.15) is 17.2 Å². The van der Waals surface area contributed by atoms with Gasteiger partial charge in [0, 0.05) is 15.1 Å². The molecule has 3 rings (SSSR count).